The number of pyridine rings is 1. The van der Waals surface area contributed by atoms with E-state index in [0.29, 0.717) is 28.8 Å². The molecule has 0 saturated heterocycles. The van der Waals surface area contributed by atoms with Crippen molar-refractivity contribution in [2.75, 3.05) is 0 Å². The summed E-state index contributed by atoms with van der Waals surface area (Å²) in [5.41, 5.74) is 3.18. The molecule has 120 valence electrons. The lowest BCUT2D eigenvalue weighted by molar-refractivity contribution is 0.575. The Morgan fingerprint density at radius 3 is 2.75 bits per heavy atom. The van der Waals surface area contributed by atoms with Crippen LogP contribution in [0.1, 0.15) is 12.5 Å². The van der Waals surface area contributed by atoms with E-state index in [0.717, 1.165) is 10.9 Å². The van der Waals surface area contributed by atoms with Crippen molar-refractivity contribution in [2.24, 2.45) is 0 Å². The van der Waals surface area contributed by atoms with Crippen LogP contribution in [0.5, 0.6) is 0 Å². The molecule has 1 aromatic carbocycles. The molecule has 0 aliphatic heterocycles. The molecule has 4 aromatic rings. The first-order valence-electron chi connectivity index (χ1n) is 7.58. The molecule has 0 aliphatic rings. The zero-order valence-corrected chi connectivity index (χ0v) is 13.9. The SMILES string of the molecule is CCn1cc(Cl)c(-c2nnc(-c3ccc4cc(C)ccc4n3)o2)n1. The molecular weight excluding hydrogens is 326 g/mol. The summed E-state index contributed by atoms with van der Waals surface area (Å²) in [7, 11) is 0. The monoisotopic (exact) mass is 339 g/mol. The third-order valence-electron chi connectivity index (χ3n) is 3.73. The first kappa shape index (κ1) is 14.8. The van der Waals surface area contributed by atoms with Crippen molar-refractivity contribution in [1.82, 2.24) is 25.0 Å². The maximum absolute atomic E-state index is 6.18. The highest BCUT2D eigenvalue weighted by molar-refractivity contribution is 6.32. The number of hydrogen-bond donors (Lipinski definition) is 0. The molecule has 3 heterocycles. The van der Waals surface area contributed by atoms with E-state index < -0.39 is 0 Å². The van der Waals surface area contributed by atoms with E-state index >= 15 is 0 Å². The van der Waals surface area contributed by atoms with Gasteiger partial charge in [-0.3, -0.25) is 4.68 Å². The van der Waals surface area contributed by atoms with Gasteiger partial charge in [0, 0.05) is 18.1 Å². The van der Waals surface area contributed by atoms with Crippen LogP contribution in [-0.2, 0) is 6.54 Å². The average molecular weight is 340 g/mol. The normalized spacial score (nSPS) is 11.3. The predicted molar refractivity (Wildman–Crippen MR) is 91.7 cm³/mol. The highest BCUT2D eigenvalue weighted by atomic mass is 35.5. The van der Waals surface area contributed by atoms with Gasteiger partial charge in [0.15, 0.2) is 5.69 Å². The lowest BCUT2D eigenvalue weighted by Gasteiger charge is -2.00. The Hall–Kier alpha value is -2.73. The van der Waals surface area contributed by atoms with Crippen molar-refractivity contribution >= 4 is 22.5 Å². The van der Waals surface area contributed by atoms with Crippen molar-refractivity contribution in [1.29, 1.82) is 0 Å². The van der Waals surface area contributed by atoms with Gasteiger partial charge in [0.05, 0.1) is 10.5 Å². The third kappa shape index (κ3) is 2.55. The Morgan fingerprint density at radius 1 is 1.12 bits per heavy atom. The maximum atomic E-state index is 6.18. The van der Waals surface area contributed by atoms with Crippen LogP contribution >= 0.6 is 11.6 Å². The number of benzene rings is 1. The van der Waals surface area contributed by atoms with E-state index in [-0.39, 0.29) is 5.89 Å². The minimum atomic E-state index is 0.285. The molecule has 0 N–H and O–H groups in total. The molecular formula is C17H14ClN5O. The fourth-order valence-corrected chi connectivity index (χ4v) is 2.72. The van der Waals surface area contributed by atoms with E-state index in [1.165, 1.54) is 5.56 Å². The van der Waals surface area contributed by atoms with Gasteiger partial charge in [-0.25, -0.2) is 4.98 Å². The highest BCUT2D eigenvalue weighted by Crippen LogP contribution is 2.28. The van der Waals surface area contributed by atoms with Crippen LogP contribution < -0.4 is 0 Å². The van der Waals surface area contributed by atoms with Crippen LogP contribution in [0.15, 0.2) is 40.9 Å². The lowest BCUT2D eigenvalue weighted by atomic mass is 10.1. The first-order chi connectivity index (χ1) is 11.6. The van der Waals surface area contributed by atoms with Crippen LogP contribution in [0.2, 0.25) is 5.02 Å². The van der Waals surface area contributed by atoms with Crippen LogP contribution in [0.25, 0.3) is 34.1 Å². The van der Waals surface area contributed by atoms with Crippen LogP contribution in [-0.4, -0.2) is 25.0 Å². The number of nitrogens with zero attached hydrogens (tertiary/aromatic N) is 5. The second kappa shape index (κ2) is 5.72. The molecule has 3 aromatic heterocycles. The summed E-state index contributed by atoms with van der Waals surface area (Å²) in [6.45, 7) is 4.75. The fourth-order valence-electron chi connectivity index (χ4n) is 2.49. The van der Waals surface area contributed by atoms with Gasteiger partial charge >= 0.3 is 0 Å². The second-order valence-electron chi connectivity index (χ2n) is 5.49. The molecule has 0 amide bonds. The molecule has 6 nitrogen and oxygen atoms in total. The second-order valence-corrected chi connectivity index (χ2v) is 5.89. The number of fused-ring (bicyclic) bond motifs is 1. The van der Waals surface area contributed by atoms with Gasteiger partial charge < -0.3 is 4.42 Å². The molecule has 0 bridgehead atoms. The van der Waals surface area contributed by atoms with E-state index in [1.807, 2.05) is 31.2 Å². The van der Waals surface area contributed by atoms with Crippen LogP contribution in [0.3, 0.4) is 0 Å². The quantitative estimate of drug-likeness (QED) is 0.561. The molecule has 0 radical (unpaired) electrons. The molecule has 0 atom stereocenters. The smallest absolute Gasteiger partial charge is 0.270 e. The molecule has 7 heteroatoms. The standard InChI is InChI=1S/C17H14ClN5O/c1-3-23-9-12(18)15(22-23)17-21-20-16(24-17)14-7-5-11-8-10(2)4-6-13(11)19-14/h4-9H,3H2,1-2H3. The summed E-state index contributed by atoms with van der Waals surface area (Å²) in [6.07, 6.45) is 1.73. The molecule has 0 aliphatic carbocycles. The molecule has 24 heavy (non-hydrogen) atoms. The Balaban J connectivity index is 1.74. The number of aromatic nitrogens is 5. The molecule has 0 saturated carbocycles. The molecule has 0 spiro atoms. The van der Waals surface area contributed by atoms with Gasteiger partial charge in [-0.05, 0) is 32.0 Å². The van der Waals surface area contributed by atoms with Crippen LogP contribution in [0, 0.1) is 6.92 Å². The van der Waals surface area contributed by atoms with E-state index in [9.17, 15) is 0 Å². The van der Waals surface area contributed by atoms with Gasteiger partial charge in [-0.2, -0.15) is 5.10 Å². The van der Waals surface area contributed by atoms with E-state index in [1.54, 1.807) is 10.9 Å². The third-order valence-corrected chi connectivity index (χ3v) is 4.01. The van der Waals surface area contributed by atoms with Crippen LogP contribution in [0.4, 0.5) is 0 Å². The van der Waals surface area contributed by atoms with E-state index in [4.69, 9.17) is 16.0 Å². The molecule has 0 unspecified atom stereocenters. The summed E-state index contributed by atoms with van der Waals surface area (Å²) in [5, 5.41) is 14.0. The Morgan fingerprint density at radius 2 is 1.96 bits per heavy atom. The fraction of sp³-hybridized carbons (Fsp3) is 0.176. The minimum absolute atomic E-state index is 0.285. The Bertz CT molecular complexity index is 1040. The van der Waals surface area contributed by atoms with Gasteiger partial charge in [0.25, 0.3) is 11.8 Å². The van der Waals surface area contributed by atoms with Crippen molar-refractivity contribution < 1.29 is 4.42 Å². The summed E-state index contributed by atoms with van der Waals surface area (Å²) < 4.78 is 7.44. The summed E-state index contributed by atoms with van der Waals surface area (Å²) >= 11 is 6.18. The van der Waals surface area contributed by atoms with Crippen molar-refractivity contribution in [3.05, 3.63) is 47.1 Å². The number of halogens is 1. The number of aryl methyl sites for hydroxylation is 2. The number of rotatable bonds is 3. The van der Waals surface area contributed by atoms with Gasteiger partial charge in [-0.15, -0.1) is 10.2 Å². The molecule has 0 fully saturated rings. The van der Waals surface area contributed by atoms with Gasteiger partial charge in [-0.1, -0.05) is 29.3 Å². The molecule has 4 rings (SSSR count). The van der Waals surface area contributed by atoms with E-state index in [2.05, 4.69) is 33.3 Å². The van der Waals surface area contributed by atoms with Crippen molar-refractivity contribution in [3.63, 3.8) is 0 Å². The predicted octanol–water partition coefficient (Wildman–Crippen LogP) is 4.13. The first-order valence-corrected chi connectivity index (χ1v) is 7.96. The zero-order chi connectivity index (χ0) is 16.7. The summed E-state index contributed by atoms with van der Waals surface area (Å²) in [6, 6.07) is 9.95. The topological polar surface area (TPSA) is 69.6 Å². The van der Waals surface area contributed by atoms with Crippen molar-refractivity contribution in [2.45, 2.75) is 20.4 Å². The zero-order valence-electron chi connectivity index (χ0n) is 13.2. The summed E-state index contributed by atoms with van der Waals surface area (Å²) in [5.74, 6) is 0.627. The minimum Gasteiger partial charge on any atom is -0.413 e. The largest absolute Gasteiger partial charge is 0.413 e. The average Bonchev–Trinajstić information content (AvgIpc) is 3.20. The summed E-state index contributed by atoms with van der Waals surface area (Å²) in [4.78, 5) is 4.58. The van der Waals surface area contributed by atoms with Gasteiger partial charge in [0.1, 0.15) is 5.69 Å². The Kier molecular flexibility index (Phi) is 3.54. The van der Waals surface area contributed by atoms with Gasteiger partial charge in [0.2, 0.25) is 0 Å². The number of hydrogen-bond acceptors (Lipinski definition) is 5. The Labute approximate surface area is 143 Å². The maximum Gasteiger partial charge on any atom is 0.270 e. The highest BCUT2D eigenvalue weighted by Gasteiger charge is 2.17. The lowest BCUT2D eigenvalue weighted by Crippen LogP contribution is -1.93. The van der Waals surface area contributed by atoms with Crippen molar-refractivity contribution in [3.8, 4) is 23.2 Å².